The van der Waals surface area contributed by atoms with Crippen LogP contribution in [0.3, 0.4) is 0 Å². The van der Waals surface area contributed by atoms with Crippen LogP contribution >= 0.6 is 0 Å². The summed E-state index contributed by atoms with van der Waals surface area (Å²) < 4.78 is 28.4. The van der Waals surface area contributed by atoms with Crippen molar-refractivity contribution in [1.82, 2.24) is 5.32 Å². The summed E-state index contributed by atoms with van der Waals surface area (Å²) in [5.74, 6) is 0.882. The van der Waals surface area contributed by atoms with Gasteiger partial charge in [-0.2, -0.15) is 0 Å². The minimum Gasteiger partial charge on any atom is -0.497 e. The van der Waals surface area contributed by atoms with Crippen LogP contribution in [0.25, 0.3) is 0 Å². The molecule has 0 aromatic heterocycles. The maximum absolute atomic E-state index is 11.7. The zero-order valence-corrected chi connectivity index (χ0v) is 13.6. The minimum atomic E-state index is -3.07. The first-order valence-electron chi connectivity index (χ1n) is 7.07. The number of hydrogen-bond acceptors (Lipinski definition) is 4. The van der Waals surface area contributed by atoms with Gasteiger partial charge in [0.15, 0.2) is 0 Å². The molecule has 0 aliphatic carbocycles. The Hall–Kier alpha value is -1.85. The van der Waals surface area contributed by atoms with Gasteiger partial charge in [0.25, 0.3) is 0 Å². The molecule has 0 saturated carbocycles. The summed E-state index contributed by atoms with van der Waals surface area (Å²) in [6, 6.07) is 17.1. The summed E-state index contributed by atoms with van der Waals surface area (Å²) in [7, 11) is -1.44. The second-order valence-corrected chi connectivity index (χ2v) is 7.47. The number of methoxy groups -OCH3 is 1. The third-order valence-electron chi connectivity index (χ3n) is 3.38. The van der Waals surface area contributed by atoms with Gasteiger partial charge in [0, 0.05) is 18.8 Å². The lowest BCUT2D eigenvalue weighted by molar-refractivity contribution is 0.414. The smallest absolute Gasteiger partial charge is 0.149 e. The minimum absolute atomic E-state index is 0.0766. The Bertz CT molecular complexity index is 682. The van der Waals surface area contributed by atoms with Crippen molar-refractivity contribution in [2.75, 3.05) is 19.1 Å². The molecule has 0 unspecified atom stereocenters. The maximum Gasteiger partial charge on any atom is 0.149 e. The second kappa shape index (κ2) is 7.42. The van der Waals surface area contributed by atoms with Gasteiger partial charge in [0.1, 0.15) is 15.6 Å². The van der Waals surface area contributed by atoms with E-state index in [-0.39, 0.29) is 11.8 Å². The molecule has 2 aromatic carbocycles. The highest BCUT2D eigenvalue weighted by Gasteiger charge is 2.16. The highest BCUT2D eigenvalue weighted by Crippen LogP contribution is 2.17. The molecule has 0 fully saturated rings. The molecular formula is C17H21NO3S. The van der Waals surface area contributed by atoms with E-state index in [1.165, 1.54) is 6.26 Å². The van der Waals surface area contributed by atoms with Crippen molar-refractivity contribution in [3.05, 3.63) is 65.7 Å². The monoisotopic (exact) mass is 319 g/mol. The van der Waals surface area contributed by atoms with E-state index in [4.69, 9.17) is 4.74 Å². The topological polar surface area (TPSA) is 55.4 Å². The molecule has 1 atom stereocenters. The van der Waals surface area contributed by atoms with E-state index in [0.717, 1.165) is 16.9 Å². The quantitative estimate of drug-likeness (QED) is 0.852. The number of ether oxygens (including phenoxy) is 1. The highest BCUT2D eigenvalue weighted by atomic mass is 32.2. The number of sulfone groups is 1. The first kappa shape index (κ1) is 16.5. The Labute approximate surface area is 132 Å². The molecule has 0 amide bonds. The van der Waals surface area contributed by atoms with Crippen molar-refractivity contribution in [2.24, 2.45) is 0 Å². The zero-order chi connectivity index (χ0) is 16.0. The highest BCUT2D eigenvalue weighted by molar-refractivity contribution is 7.90. The molecule has 118 valence electrons. The van der Waals surface area contributed by atoms with E-state index in [1.54, 1.807) is 7.11 Å². The van der Waals surface area contributed by atoms with Crippen LogP contribution in [0, 0.1) is 0 Å². The van der Waals surface area contributed by atoms with Crippen LogP contribution in [0.2, 0.25) is 0 Å². The van der Waals surface area contributed by atoms with Crippen molar-refractivity contribution in [3.63, 3.8) is 0 Å². The molecule has 0 bridgehead atoms. The van der Waals surface area contributed by atoms with Crippen molar-refractivity contribution >= 4 is 9.84 Å². The average Bonchev–Trinajstić information content (AvgIpc) is 2.52. The molecule has 0 radical (unpaired) electrons. The Morgan fingerprint density at radius 3 is 2.23 bits per heavy atom. The van der Waals surface area contributed by atoms with Gasteiger partial charge < -0.3 is 10.1 Å². The molecule has 2 rings (SSSR count). The summed E-state index contributed by atoms with van der Waals surface area (Å²) in [4.78, 5) is 0. The lowest BCUT2D eigenvalue weighted by Gasteiger charge is -2.18. The van der Waals surface area contributed by atoms with E-state index in [0.29, 0.717) is 6.54 Å². The van der Waals surface area contributed by atoms with Crippen LogP contribution in [0.4, 0.5) is 0 Å². The molecule has 0 aliphatic heterocycles. The maximum atomic E-state index is 11.7. The van der Waals surface area contributed by atoms with Gasteiger partial charge in [-0.05, 0) is 23.3 Å². The lowest BCUT2D eigenvalue weighted by atomic mass is 10.1. The van der Waals surface area contributed by atoms with Crippen LogP contribution in [-0.4, -0.2) is 27.5 Å². The van der Waals surface area contributed by atoms with Crippen molar-refractivity contribution in [2.45, 2.75) is 12.6 Å². The lowest BCUT2D eigenvalue weighted by Crippen LogP contribution is -2.27. The fraction of sp³-hybridized carbons (Fsp3) is 0.294. The van der Waals surface area contributed by atoms with E-state index in [1.807, 2.05) is 54.6 Å². The van der Waals surface area contributed by atoms with Gasteiger partial charge in [-0.3, -0.25) is 0 Å². The summed E-state index contributed by atoms with van der Waals surface area (Å²) >= 11 is 0. The van der Waals surface area contributed by atoms with E-state index >= 15 is 0 Å². The SMILES string of the molecule is COc1ccc(CN[C@@H](CS(C)(=O)=O)c2ccccc2)cc1. The van der Waals surface area contributed by atoms with Gasteiger partial charge in [-0.1, -0.05) is 42.5 Å². The largest absolute Gasteiger partial charge is 0.497 e. The Kier molecular flexibility index (Phi) is 5.57. The van der Waals surface area contributed by atoms with Crippen molar-refractivity contribution in [1.29, 1.82) is 0 Å². The number of nitrogens with one attached hydrogen (secondary N) is 1. The Balaban J connectivity index is 2.09. The van der Waals surface area contributed by atoms with Crippen LogP contribution in [0.5, 0.6) is 5.75 Å². The molecule has 0 saturated heterocycles. The zero-order valence-electron chi connectivity index (χ0n) is 12.8. The van der Waals surface area contributed by atoms with Crippen LogP contribution in [0.15, 0.2) is 54.6 Å². The average molecular weight is 319 g/mol. The molecule has 1 N–H and O–H groups in total. The summed E-state index contributed by atoms with van der Waals surface area (Å²) in [6.45, 7) is 0.596. The first-order chi connectivity index (χ1) is 10.5. The molecule has 2 aromatic rings. The van der Waals surface area contributed by atoms with E-state index < -0.39 is 9.84 Å². The fourth-order valence-electron chi connectivity index (χ4n) is 2.25. The third kappa shape index (κ3) is 5.16. The number of benzene rings is 2. The first-order valence-corrected chi connectivity index (χ1v) is 9.13. The van der Waals surface area contributed by atoms with Crippen molar-refractivity contribution < 1.29 is 13.2 Å². The Morgan fingerprint density at radius 2 is 1.68 bits per heavy atom. The third-order valence-corrected chi connectivity index (χ3v) is 4.32. The molecule has 0 heterocycles. The number of rotatable bonds is 7. The summed E-state index contributed by atoms with van der Waals surface area (Å²) in [6.07, 6.45) is 1.26. The van der Waals surface area contributed by atoms with Crippen LogP contribution in [-0.2, 0) is 16.4 Å². The Morgan fingerprint density at radius 1 is 1.05 bits per heavy atom. The van der Waals surface area contributed by atoms with E-state index in [2.05, 4.69) is 5.32 Å². The normalized spacial score (nSPS) is 12.8. The molecule has 0 spiro atoms. The molecule has 4 nitrogen and oxygen atoms in total. The van der Waals surface area contributed by atoms with E-state index in [9.17, 15) is 8.42 Å². The summed E-state index contributed by atoms with van der Waals surface area (Å²) in [5.41, 5.74) is 2.05. The fourth-order valence-corrected chi connectivity index (χ4v) is 3.16. The van der Waals surface area contributed by atoms with Crippen LogP contribution in [0.1, 0.15) is 17.2 Å². The molecular weight excluding hydrogens is 298 g/mol. The van der Waals surface area contributed by atoms with Gasteiger partial charge in [-0.25, -0.2) is 8.42 Å². The second-order valence-electron chi connectivity index (χ2n) is 5.28. The molecule has 0 aliphatic rings. The van der Waals surface area contributed by atoms with Gasteiger partial charge >= 0.3 is 0 Å². The van der Waals surface area contributed by atoms with Gasteiger partial charge in [0.05, 0.1) is 12.9 Å². The predicted octanol–water partition coefficient (Wildman–Crippen LogP) is 2.57. The van der Waals surface area contributed by atoms with Crippen LogP contribution < -0.4 is 10.1 Å². The van der Waals surface area contributed by atoms with Gasteiger partial charge in [-0.15, -0.1) is 0 Å². The summed E-state index contributed by atoms with van der Waals surface area (Å²) in [5, 5.41) is 3.33. The standard InChI is InChI=1S/C17H21NO3S/c1-21-16-10-8-14(9-11-16)12-18-17(13-22(2,19)20)15-6-4-3-5-7-15/h3-11,17-18H,12-13H2,1-2H3/t17-/m0/s1. The number of hydrogen-bond donors (Lipinski definition) is 1. The molecule has 22 heavy (non-hydrogen) atoms. The van der Waals surface area contributed by atoms with Crippen molar-refractivity contribution in [3.8, 4) is 5.75 Å². The predicted molar refractivity (Wildman–Crippen MR) is 88.7 cm³/mol. The van der Waals surface area contributed by atoms with Gasteiger partial charge in [0.2, 0.25) is 0 Å². The molecule has 5 heteroatoms.